The van der Waals surface area contributed by atoms with E-state index in [1.807, 2.05) is 6.07 Å². The van der Waals surface area contributed by atoms with E-state index >= 15 is 0 Å². The van der Waals surface area contributed by atoms with Crippen LogP contribution in [0, 0.1) is 0 Å². The highest BCUT2D eigenvalue weighted by Crippen LogP contribution is 2.39. The molecule has 0 amide bonds. The Labute approximate surface area is 104 Å². The van der Waals surface area contributed by atoms with Gasteiger partial charge in [-0.2, -0.15) is 0 Å². The summed E-state index contributed by atoms with van der Waals surface area (Å²) < 4.78 is 6.91. The molecule has 3 rings (SSSR count). The summed E-state index contributed by atoms with van der Waals surface area (Å²) in [4.78, 5) is 2.48. The molecule has 1 fully saturated rings. The minimum absolute atomic E-state index is 0.573. The minimum Gasteiger partial charge on any atom is -0.490 e. The molecular weight excluding hydrogens is 268 g/mol. The lowest BCUT2D eigenvalue weighted by Gasteiger charge is -2.36. The van der Waals surface area contributed by atoms with Crippen LogP contribution in [-0.4, -0.2) is 32.3 Å². The number of ether oxygens (including phenoxy) is 1. The first-order valence-electron chi connectivity index (χ1n) is 5.75. The normalized spacial score (nSPS) is 24.1. The Balaban J connectivity index is 2.04. The number of halogens is 1. The van der Waals surface area contributed by atoms with Gasteiger partial charge in [0.1, 0.15) is 0 Å². The summed E-state index contributed by atoms with van der Waals surface area (Å²) in [7, 11) is 0. The molecule has 4 heteroatoms. The molecule has 0 aromatic heterocycles. The van der Waals surface area contributed by atoms with Crippen LogP contribution in [0.1, 0.15) is 6.42 Å². The van der Waals surface area contributed by atoms with Crippen molar-refractivity contribution in [3.8, 4) is 5.75 Å². The molecule has 1 saturated heterocycles. The van der Waals surface area contributed by atoms with Crippen LogP contribution in [0.4, 0.5) is 5.69 Å². The monoisotopic (exact) mass is 282 g/mol. The summed E-state index contributed by atoms with van der Waals surface area (Å²) in [5, 5.41) is 3.45. The second-order valence-corrected chi connectivity index (χ2v) is 5.13. The third-order valence-electron chi connectivity index (χ3n) is 3.30. The molecule has 1 aromatic rings. The van der Waals surface area contributed by atoms with Crippen LogP contribution < -0.4 is 15.0 Å². The van der Waals surface area contributed by atoms with Gasteiger partial charge in [0.15, 0.2) is 5.75 Å². The SMILES string of the molecule is Brc1cccc2c1OCC[C@H]1CNCCN21. The van der Waals surface area contributed by atoms with Gasteiger partial charge in [-0.25, -0.2) is 0 Å². The van der Waals surface area contributed by atoms with Crippen LogP contribution in [0.2, 0.25) is 0 Å². The Morgan fingerprint density at radius 1 is 1.44 bits per heavy atom. The van der Waals surface area contributed by atoms with E-state index in [0.29, 0.717) is 6.04 Å². The van der Waals surface area contributed by atoms with Gasteiger partial charge in [-0.3, -0.25) is 0 Å². The van der Waals surface area contributed by atoms with Gasteiger partial charge in [-0.05, 0) is 28.1 Å². The molecule has 2 aliphatic rings. The highest BCUT2D eigenvalue weighted by atomic mass is 79.9. The fourth-order valence-electron chi connectivity index (χ4n) is 2.50. The number of nitrogens with zero attached hydrogens (tertiary/aromatic N) is 1. The zero-order valence-corrected chi connectivity index (χ0v) is 10.7. The zero-order valence-electron chi connectivity index (χ0n) is 9.08. The lowest BCUT2D eigenvalue weighted by atomic mass is 10.1. The topological polar surface area (TPSA) is 24.5 Å². The fraction of sp³-hybridized carbons (Fsp3) is 0.500. The lowest BCUT2D eigenvalue weighted by Crippen LogP contribution is -2.51. The van der Waals surface area contributed by atoms with Crippen molar-refractivity contribution in [2.24, 2.45) is 0 Å². The van der Waals surface area contributed by atoms with E-state index in [9.17, 15) is 0 Å². The Kier molecular flexibility index (Phi) is 2.77. The third kappa shape index (κ3) is 1.70. The van der Waals surface area contributed by atoms with E-state index in [-0.39, 0.29) is 0 Å². The third-order valence-corrected chi connectivity index (χ3v) is 3.93. The molecule has 2 aliphatic heterocycles. The summed E-state index contributed by atoms with van der Waals surface area (Å²) >= 11 is 3.57. The van der Waals surface area contributed by atoms with Crippen molar-refractivity contribution in [3.05, 3.63) is 22.7 Å². The first kappa shape index (κ1) is 10.4. The molecular formula is C12H15BrN2O. The van der Waals surface area contributed by atoms with Crippen molar-refractivity contribution in [2.75, 3.05) is 31.1 Å². The summed E-state index contributed by atoms with van der Waals surface area (Å²) in [6.07, 6.45) is 1.09. The standard InChI is InChI=1S/C12H15BrN2O/c13-10-2-1-3-11-12(10)16-7-4-9-8-14-5-6-15(9)11/h1-3,9,14H,4-8H2/t9-/m0/s1. The molecule has 1 N–H and O–H groups in total. The number of fused-ring (bicyclic) bond motifs is 3. The Morgan fingerprint density at radius 2 is 2.38 bits per heavy atom. The van der Waals surface area contributed by atoms with Crippen molar-refractivity contribution in [1.29, 1.82) is 0 Å². The Morgan fingerprint density at radius 3 is 3.31 bits per heavy atom. The molecule has 3 nitrogen and oxygen atoms in total. The van der Waals surface area contributed by atoms with E-state index in [0.717, 1.165) is 42.9 Å². The molecule has 0 aliphatic carbocycles. The quantitative estimate of drug-likeness (QED) is 0.788. The van der Waals surface area contributed by atoms with Gasteiger partial charge in [0.25, 0.3) is 0 Å². The molecule has 0 unspecified atom stereocenters. The van der Waals surface area contributed by atoms with Gasteiger partial charge in [0, 0.05) is 32.1 Å². The zero-order chi connectivity index (χ0) is 11.0. The predicted octanol–water partition coefficient (Wildman–Crippen LogP) is 2.01. The van der Waals surface area contributed by atoms with Crippen molar-refractivity contribution < 1.29 is 4.74 Å². The minimum atomic E-state index is 0.573. The maximum Gasteiger partial charge on any atom is 0.156 e. The van der Waals surface area contributed by atoms with E-state index in [2.05, 4.69) is 38.3 Å². The van der Waals surface area contributed by atoms with Crippen molar-refractivity contribution in [2.45, 2.75) is 12.5 Å². The summed E-state index contributed by atoms with van der Waals surface area (Å²) in [6, 6.07) is 6.85. The second-order valence-electron chi connectivity index (χ2n) is 4.28. The number of anilines is 1. The van der Waals surface area contributed by atoms with Gasteiger partial charge in [0.05, 0.1) is 16.8 Å². The van der Waals surface area contributed by atoms with Gasteiger partial charge in [-0.15, -0.1) is 0 Å². The van der Waals surface area contributed by atoms with Gasteiger partial charge in [-0.1, -0.05) is 6.07 Å². The number of para-hydroxylation sites is 1. The van der Waals surface area contributed by atoms with Crippen molar-refractivity contribution in [1.82, 2.24) is 5.32 Å². The van der Waals surface area contributed by atoms with Crippen LogP contribution >= 0.6 is 15.9 Å². The molecule has 16 heavy (non-hydrogen) atoms. The molecule has 0 radical (unpaired) electrons. The summed E-state index contributed by atoms with van der Waals surface area (Å²) in [6.45, 7) is 3.99. The molecule has 0 spiro atoms. The maximum atomic E-state index is 5.85. The average molecular weight is 283 g/mol. The fourth-order valence-corrected chi connectivity index (χ4v) is 2.97. The number of nitrogens with one attached hydrogen (secondary N) is 1. The van der Waals surface area contributed by atoms with E-state index in [1.54, 1.807) is 0 Å². The molecule has 0 saturated carbocycles. The number of benzene rings is 1. The number of hydrogen-bond acceptors (Lipinski definition) is 3. The molecule has 1 atom stereocenters. The van der Waals surface area contributed by atoms with Crippen molar-refractivity contribution in [3.63, 3.8) is 0 Å². The molecule has 0 bridgehead atoms. The Bertz CT molecular complexity index is 397. The highest BCUT2D eigenvalue weighted by molar-refractivity contribution is 9.10. The van der Waals surface area contributed by atoms with Crippen LogP contribution in [-0.2, 0) is 0 Å². The van der Waals surface area contributed by atoms with Gasteiger partial charge >= 0.3 is 0 Å². The summed E-state index contributed by atoms with van der Waals surface area (Å²) in [5.74, 6) is 1.01. The van der Waals surface area contributed by atoms with Crippen molar-refractivity contribution >= 4 is 21.6 Å². The van der Waals surface area contributed by atoms with Crippen LogP contribution in [0.5, 0.6) is 5.75 Å². The lowest BCUT2D eigenvalue weighted by molar-refractivity contribution is 0.302. The number of hydrogen-bond donors (Lipinski definition) is 1. The Hall–Kier alpha value is -0.740. The van der Waals surface area contributed by atoms with E-state index in [1.165, 1.54) is 5.69 Å². The van der Waals surface area contributed by atoms with Crippen LogP contribution in [0.3, 0.4) is 0 Å². The number of rotatable bonds is 0. The first-order chi connectivity index (χ1) is 7.86. The molecule has 1 aromatic carbocycles. The van der Waals surface area contributed by atoms with E-state index < -0.39 is 0 Å². The average Bonchev–Trinajstić information content (AvgIpc) is 2.50. The highest BCUT2D eigenvalue weighted by Gasteiger charge is 2.28. The predicted molar refractivity (Wildman–Crippen MR) is 68.3 cm³/mol. The molecule has 2 heterocycles. The van der Waals surface area contributed by atoms with Gasteiger partial charge in [0.2, 0.25) is 0 Å². The van der Waals surface area contributed by atoms with Crippen LogP contribution in [0.15, 0.2) is 22.7 Å². The smallest absolute Gasteiger partial charge is 0.156 e. The first-order valence-corrected chi connectivity index (χ1v) is 6.54. The number of piperazine rings is 1. The maximum absolute atomic E-state index is 5.85. The second kappa shape index (κ2) is 4.26. The summed E-state index contributed by atoms with van der Waals surface area (Å²) in [5.41, 5.74) is 1.23. The van der Waals surface area contributed by atoms with E-state index in [4.69, 9.17) is 4.74 Å². The molecule has 86 valence electrons. The largest absolute Gasteiger partial charge is 0.490 e. The van der Waals surface area contributed by atoms with Crippen LogP contribution in [0.25, 0.3) is 0 Å². The van der Waals surface area contributed by atoms with Gasteiger partial charge < -0.3 is 15.0 Å².